The van der Waals surface area contributed by atoms with Gasteiger partial charge in [-0.25, -0.2) is 9.59 Å². The van der Waals surface area contributed by atoms with Crippen LogP contribution < -0.4 is 19.7 Å². The second kappa shape index (κ2) is 8.04. The van der Waals surface area contributed by atoms with Crippen molar-refractivity contribution in [2.24, 2.45) is 0 Å². The first-order chi connectivity index (χ1) is 13.5. The van der Waals surface area contributed by atoms with E-state index in [0.717, 1.165) is 5.56 Å². The van der Waals surface area contributed by atoms with Gasteiger partial charge in [-0.05, 0) is 48.9 Å². The smallest absolute Gasteiger partial charge is 0.337 e. The van der Waals surface area contributed by atoms with Crippen LogP contribution in [0.4, 0.5) is 10.5 Å². The molecule has 0 unspecified atom stereocenters. The van der Waals surface area contributed by atoms with E-state index in [0.29, 0.717) is 28.5 Å². The number of amides is 2. The number of hydrogen-bond donors (Lipinski definition) is 1. The molecule has 146 valence electrons. The monoisotopic (exact) mass is 382 g/mol. The third-order valence-electron chi connectivity index (χ3n) is 4.67. The molecule has 0 bridgehead atoms. The number of carbonyl (C=O) groups is 2. The lowest BCUT2D eigenvalue weighted by Gasteiger charge is -2.35. The molecule has 0 radical (unpaired) electrons. The van der Waals surface area contributed by atoms with E-state index in [9.17, 15) is 9.59 Å². The highest BCUT2D eigenvalue weighted by Gasteiger charge is 2.36. The van der Waals surface area contributed by atoms with Gasteiger partial charge in [0.15, 0.2) is 0 Å². The van der Waals surface area contributed by atoms with Crippen LogP contribution >= 0.6 is 0 Å². The molecule has 0 aromatic heterocycles. The largest absolute Gasteiger partial charge is 0.497 e. The molecule has 3 rings (SSSR count). The average molecular weight is 382 g/mol. The number of nitrogens with zero attached hydrogens (tertiary/aromatic N) is 1. The van der Waals surface area contributed by atoms with Crippen molar-refractivity contribution < 1.29 is 23.8 Å². The van der Waals surface area contributed by atoms with Crippen LogP contribution in [0.1, 0.15) is 18.5 Å². The number of carbonyl (C=O) groups excluding carboxylic acids is 2. The van der Waals surface area contributed by atoms with Gasteiger partial charge < -0.3 is 19.5 Å². The Hall–Kier alpha value is -3.48. The Bertz CT molecular complexity index is 903. The second-order valence-electron chi connectivity index (χ2n) is 6.18. The van der Waals surface area contributed by atoms with Gasteiger partial charge >= 0.3 is 12.0 Å². The molecule has 0 saturated carbocycles. The molecule has 1 aliphatic rings. The fourth-order valence-corrected chi connectivity index (χ4v) is 3.21. The summed E-state index contributed by atoms with van der Waals surface area (Å²) in [5.74, 6) is 0.856. The molecule has 1 N–H and O–H groups in total. The Morgan fingerprint density at radius 3 is 1.96 bits per heavy atom. The standard InChI is InChI=1S/C21H22N2O5/c1-13-18(20(24)28-4)19(14-5-9-16(26-2)10-6-14)22-21(25)23(13)15-7-11-17(27-3)12-8-15/h5-12,19H,1-4H3,(H,22,25)/t19-/m1/s1. The molecule has 7 nitrogen and oxygen atoms in total. The van der Waals surface area contributed by atoms with Crippen molar-refractivity contribution in [3.8, 4) is 11.5 Å². The van der Waals surface area contributed by atoms with Crippen molar-refractivity contribution in [2.45, 2.75) is 13.0 Å². The van der Waals surface area contributed by atoms with E-state index in [4.69, 9.17) is 14.2 Å². The first kappa shape index (κ1) is 19.3. The average Bonchev–Trinajstić information content (AvgIpc) is 2.73. The summed E-state index contributed by atoms with van der Waals surface area (Å²) in [4.78, 5) is 26.9. The van der Waals surface area contributed by atoms with Gasteiger partial charge in [0.05, 0.1) is 38.6 Å². The Balaban J connectivity index is 2.07. The van der Waals surface area contributed by atoms with E-state index in [-0.39, 0.29) is 6.03 Å². The number of methoxy groups -OCH3 is 3. The highest BCUT2D eigenvalue weighted by molar-refractivity contribution is 6.03. The third kappa shape index (κ3) is 3.51. The minimum atomic E-state index is -0.625. The fraction of sp³-hybridized carbons (Fsp3) is 0.238. The molecule has 1 heterocycles. The summed E-state index contributed by atoms with van der Waals surface area (Å²) >= 11 is 0. The molecular formula is C21H22N2O5. The zero-order chi connectivity index (χ0) is 20.3. The van der Waals surface area contributed by atoms with Crippen LogP contribution in [0.3, 0.4) is 0 Å². The lowest BCUT2D eigenvalue weighted by molar-refractivity contribution is -0.136. The van der Waals surface area contributed by atoms with Crippen LogP contribution in [0, 0.1) is 0 Å². The molecule has 0 fully saturated rings. The Labute approximate surface area is 163 Å². The molecule has 2 aromatic carbocycles. The molecular weight excluding hydrogens is 360 g/mol. The SMILES string of the molecule is COC(=O)C1=C(C)N(c2ccc(OC)cc2)C(=O)N[C@@H]1c1ccc(OC)cc1. The van der Waals surface area contributed by atoms with Crippen LogP contribution in [0.2, 0.25) is 0 Å². The number of hydrogen-bond acceptors (Lipinski definition) is 5. The first-order valence-corrected chi connectivity index (χ1v) is 8.67. The predicted molar refractivity (Wildman–Crippen MR) is 104 cm³/mol. The van der Waals surface area contributed by atoms with E-state index in [2.05, 4.69) is 5.32 Å². The quantitative estimate of drug-likeness (QED) is 0.802. The Morgan fingerprint density at radius 2 is 1.46 bits per heavy atom. The number of anilines is 1. The zero-order valence-electron chi connectivity index (χ0n) is 16.2. The maximum absolute atomic E-state index is 12.9. The number of allylic oxidation sites excluding steroid dienone is 1. The summed E-state index contributed by atoms with van der Waals surface area (Å²) < 4.78 is 15.3. The summed E-state index contributed by atoms with van der Waals surface area (Å²) in [6.07, 6.45) is 0. The number of benzene rings is 2. The van der Waals surface area contributed by atoms with Crippen molar-refractivity contribution in [3.05, 3.63) is 65.4 Å². The Morgan fingerprint density at radius 1 is 0.929 bits per heavy atom. The maximum atomic E-state index is 12.9. The highest BCUT2D eigenvalue weighted by Crippen LogP contribution is 2.35. The lowest BCUT2D eigenvalue weighted by atomic mass is 9.94. The zero-order valence-corrected chi connectivity index (χ0v) is 16.2. The molecule has 7 heteroatoms. The third-order valence-corrected chi connectivity index (χ3v) is 4.67. The minimum Gasteiger partial charge on any atom is -0.497 e. The molecule has 0 aliphatic carbocycles. The predicted octanol–water partition coefficient (Wildman–Crippen LogP) is 3.42. The molecule has 0 spiro atoms. The van der Waals surface area contributed by atoms with Gasteiger partial charge in [0, 0.05) is 5.70 Å². The molecule has 2 aromatic rings. The van der Waals surface area contributed by atoms with Crippen LogP contribution in [0.15, 0.2) is 59.8 Å². The lowest BCUT2D eigenvalue weighted by Crippen LogP contribution is -2.48. The first-order valence-electron chi connectivity index (χ1n) is 8.67. The summed E-state index contributed by atoms with van der Waals surface area (Å²) in [5.41, 5.74) is 2.23. The van der Waals surface area contributed by atoms with Gasteiger partial charge in [-0.2, -0.15) is 0 Å². The van der Waals surface area contributed by atoms with E-state index < -0.39 is 12.0 Å². The summed E-state index contributed by atoms with van der Waals surface area (Å²) in [6, 6.07) is 13.2. The van der Waals surface area contributed by atoms with Gasteiger partial charge in [0.1, 0.15) is 11.5 Å². The van der Waals surface area contributed by atoms with E-state index in [1.807, 2.05) is 12.1 Å². The van der Waals surface area contributed by atoms with Crippen LogP contribution in [0.5, 0.6) is 11.5 Å². The molecule has 28 heavy (non-hydrogen) atoms. The number of esters is 1. The van der Waals surface area contributed by atoms with Gasteiger partial charge in [-0.1, -0.05) is 12.1 Å². The number of urea groups is 1. The fourth-order valence-electron chi connectivity index (χ4n) is 3.21. The minimum absolute atomic E-state index is 0.337. The van der Waals surface area contributed by atoms with E-state index in [1.165, 1.54) is 12.0 Å². The second-order valence-corrected chi connectivity index (χ2v) is 6.18. The maximum Gasteiger partial charge on any atom is 0.337 e. The van der Waals surface area contributed by atoms with Crippen molar-refractivity contribution in [1.82, 2.24) is 5.32 Å². The number of ether oxygens (including phenoxy) is 3. The van der Waals surface area contributed by atoms with Gasteiger partial charge in [-0.3, -0.25) is 4.90 Å². The van der Waals surface area contributed by atoms with E-state index >= 15 is 0 Å². The van der Waals surface area contributed by atoms with Crippen molar-refractivity contribution in [3.63, 3.8) is 0 Å². The highest BCUT2D eigenvalue weighted by atomic mass is 16.5. The summed E-state index contributed by atoms with van der Waals surface area (Å²) in [7, 11) is 4.47. The summed E-state index contributed by atoms with van der Waals surface area (Å²) in [6.45, 7) is 1.73. The molecule has 0 saturated heterocycles. The van der Waals surface area contributed by atoms with Crippen LogP contribution in [-0.4, -0.2) is 33.3 Å². The molecule has 2 amide bonds. The van der Waals surface area contributed by atoms with Crippen LogP contribution in [0.25, 0.3) is 0 Å². The van der Waals surface area contributed by atoms with Crippen molar-refractivity contribution in [2.75, 3.05) is 26.2 Å². The van der Waals surface area contributed by atoms with Gasteiger partial charge in [-0.15, -0.1) is 0 Å². The van der Waals surface area contributed by atoms with Gasteiger partial charge in [0.25, 0.3) is 0 Å². The normalized spacial score (nSPS) is 16.5. The number of rotatable bonds is 5. The topological polar surface area (TPSA) is 77.1 Å². The van der Waals surface area contributed by atoms with Gasteiger partial charge in [0.2, 0.25) is 0 Å². The molecule has 1 aliphatic heterocycles. The van der Waals surface area contributed by atoms with Crippen LogP contribution in [-0.2, 0) is 9.53 Å². The van der Waals surface area contributed by atoms with Crippen molar-refractivity contribution in [1.29, 1.82) is 0 Å². The molecule has 1 atom stereocenters. The van der Waals surface area contributed by atoms with Crippen molar-refractivity contribution >= 4 is 17.7 Å². The summed E-state index contributed by atoms with van der Waals surface area (Å²) in [5, 5.41) is 2.90. The number of nitrogens with one attached hydrogen (secondary N) is 1. The Kier molecular flexibility index (Phi) is 5.54. The van der Waals surface area contributed by atoms with E-state index in [1.54, 1.807) is 57.5 Å².